The highest BCUT2D eigenvalue weighted by Gasteiger charge is 2.14. The average molecular weight is 139 g/mol. The van der Waals surface area contributed by atoms with Gasteiger partial charge < -0.3 is 5.32 Å². The van der Waals surface area contributed by atoms with Gasteiger partial charge in [-0.05, 0) is 32.7 Å². The summed E-state index contributed by atoms with van der Waals surface area (Å²) in [6.45, 7) is 3.23. The third kappa shape index (κ3) is 2.53. The van der Waals surface area contributed by atoms with Crippen molar-refractivity contribution in [1.82, 2.24) is 5.32 Å². The molecule has 1 rings (SSSR count). The molecular formula is C9H17N. The monoisotopic (exact) mass is 139 g/mol. The predicted octanol–water partition coefficient (Wildman–Crippen LogP) is 2.09. The Hall–Kier alpha value is -0.300. The molecule has 0 bridgehead atoms. The van der Waals surface area contributed by atoms with Crippen LogP contribution in [0.1, 0.15) is 32.6 Å². The number of nitrogens with one attached hydrogen (secondary N) is 1. The molecule has 1 N–H and O–H groups in total. The Balaban J connectivity index is 1.85. The maximum absolute atomic E-state index is 3.50. The predicted molar refractivity (Wildman–Crippen MR) is 45.1 cm³/mol. The number of hydrogen-bond acceptors (Lipinski definition) is 1. The second-order valence-corrected chi connectivity index (χ2v) is 2.94. The van der Waals surface area contributed by atoms with Crippen molar-refractivity contribution in [3.05, 3.63) is 12.2 Å². The van der Waals surface area contributed by atoms with E-state index in [4.69, 9.17) is 0 Å². The van der Waals surface area contributed by atoms with E-state index in [9.17, 15) is 0 Å². The number of hydrogen-bond donors (Lipinski definition) is 1. The molecule has 1 nitrogen and oxygen atoms in total. The molecule has 0 aromatic rings. The van der Waals surface area contributed by atoms with Crippen LogP contribution in [-0.2, 0) is 0 Å². The first kappa shape index (κ1) is 7.80. The summed E-state index contributed by atoms with van der Waals surface area (Å²) in [7, 11) is 0. The molecule has 58 valence electrons. The molecule has 0 unspecified atom stereocenters. The van der Waals surface area contributed by atoms with Gasteiger partial charge in [0, 0.05) is 6.04 Å². The zero-order valence-corrected chi connectivity index (χ0v) is 6.77. The smallest absolute Gasteiger partial charge is 0.00672 e. The molecular weight excluding hydrogens is 122 g/mol. The van der Waals surface area contributed by atoms with Crippen molar-refractivity contribution < 1.29 is 0 Å². The second kappa shape index (κ2) is 4.51. The van der Waals surface area contributed by atoms with Crippen molar-refractivity contribution >= 4 is 0 Å². The van der Waals surface area contributed by atoms with Gasteiger partial charge in [0.05, 0.1) is 0 Å². The summed E-state index contributed by atoms with van der Waals surface area (Å²) in [5, 5.41) is 3.50. The SMILES string of the molecule is C/C=C/CCNC1CCC1. The van der Waals surface area contributed by atoms with Gasteiger partial charge in [0.15, 0.2) is 0 Å². The minimum absolute atomic E-state index is 0.852. The molecule has 0 aliphatic heterocycles. The fraction of sp³-hybridized carbons (Fsp3) is 0.778. The molecule has 0 heterocycles. The third-order valence-electron chi connectivity index (χ3n) is 2.08. The van der Waals surface area contributed by atoms with Crippen LogP contribution >= 0.6 is 0 Å². The van der Waals surface area contributed by atoms with E-state index in [1.54, 1.807) is 0 Å². The Kier molecular flexibility index (Phi) is 3.52. The van der Waals surface area contributed by atoms with Crippen molar-refractivity contribution in [3.63, 3.8) is 0 Å². The van der Waals surface area contributed by atoms with E-state index in [1.165, 1.54) is 25.7 Å². The third-order valence-corrected chi connectivity index (χ3v) is 2.08. The molecule has 0 amide bonds. The Morgan fingerprint density at radius 2 is 2.30 bits per heavy atom. The first-order valence-corrected chi connectivity index (χ1v) is 4.28. The summed E-state index contributed by atoms with van der Waals surface area (Å²) in [6.07, 6.45) is 9.74. The van der Waals surface area contributed by atoms with E-state index >= 15 is 0 Å². The zero-order valence-electron chi connectivity index (χ0n) is 6.77. The van der Waals surface area contributed by atoms with E-state index in [2.05, 4.69) is 24.4 Å². The van der Waals surface area contributed by atoms with Gasteiger partial charge in [-0.25, -0.2) is 0 Å². The maximum Gasteiger partial charge on any atom is 0.00672 e. The minimum atomic E-state index is 0.852. The van der Waals surface area contributed by atoms with E-state index in [0.29, 0.717) is 0 Å². The Morgan fingerprint density at radius 1 is 1.50 bits per heavy atom. The van der Waals surface area contributed by atoms with Gasteiger partial charge in [-0.1, -0.05) is 18.6 Å². The molecule has 0 aromatic carbocycles. The molecule has 0 saturated heterocycles. The largest absolute Gasteiger partial charge is 0.314 e. The van der Waals surface area contributed by atoms with Gasteiger partial charge in [-0.2, -0.15) is 0 Å². The molecule has 0 atom stereocenters. The molecule has 0 aromatic heterocycles. The van der Waals surface area contributed by atoms with Gasteiger partial charge in [0.1, 0.15) is 0 Å². The summed E-state index contributed by atoms with van der Waals surface area (Å²) in [5.74, 6) is 0. The van der Waals surface area contributed by atoms with E-state index in [1.807, 2.05) is 0 Å². The Morgan fingerprint density at radius 3 is 2.80 bits per heavy atom. The topological polar surface area (TPSA) is 12.0 Å². The van der Waals surface area contributed by atoms with Crippen LogP contribution in [0.3, 0.4) is 0 Å². The van der Waals surface area contributed by atoms with E-state index < -0.39 is 0 Å². The quantitative estimate of drug-likeness (QED) is 0.464. The lowest BCUT2D eigenvalue weighted by atomic mass is 9.93. The van der Waals surface area contributed by atoms with Crippen LogP contribution < -0.4 is 5.32 Å². The van der Waals surface area contributed by atoms with Crippen LogP contribution in [0.4, 0.5) is 0 Å². The number of rotatable bonds is 4. The van der Waals surface area contributed by atoms with Gasteiger partial charge in [0.2, 0.25) is 0 Å². The fourth-order valence-electron chi connectivity index (χ4n) is 1.15. The van der Waals surface area contributed by atoms with Crippen LogP contribution in [0.5, 0.6) is 0 Å². The van der Waals surface area contributed by atoms with Crippen LogP contribution in [0, 0.1) is 0 Å². The maximum atomic E-state index is 3.50. The lowest BCUT2D eigenvalue weighted by Crippen LogP contribution is -2.35. The highest BCUT2D eigenvalue weighted by Crippen LogP contribution is 2.17. The Labute approximate surface area is 63.5 Å². The van der Waals surface area contributed by atoms with Crippen LogP contribution in [-0.4, -0.2) is 12.6 Å². The first-order chi connectivity index (χ1) is 4.93. The lowest BCUT2D eigenvalue weighted by molar-refractivity contribution is 0.343. The first-order valence-electron chi connectivity index (χ1n) is 4.28. The Bertz CT molecular complexity index is 103. The van der Waals surface area contributed by atoms with E-state index in [0.717, 1.165) is 12.6 Å². The second-order valence-electron chi connectivity index (χ2n) is 2.94. The molecule has 1 saturated carbocycles. The lowest BCUT2D eigenvalue weighted by Gasteiger charge is -2.26. The normalized spacial score (nSPS) is 19.7. The van der Waals surface area contributed by atoms with Gasteiger partial charge in [-0.3, -0.25) is 0 Å². The summed E-state index contributed by atoms with van der Waals surface area (Å²) < 4.78 is 0. The van der Waals surface area contributed by atoms with Crippen molar-refractivity contribution in [2.45, 2.75) is 38.6 Å². The highest BCUT2D eigenvalue weighted by atomic mass is 14.9. The van der Waals surface area contributed by atoms with Crippen LogP contribution in [0.2, 0.25) is 0 Å². The molecule has 1 aliphatic carbocycles. The minimum Gasteiger partial charge on any atom is -0.314 e. The van der Waals surface area contributed by atoms with Crippen molar-refractivity contribution in [2.75, 3.05) is 6.54 Å². The molecule has 1 fully saturated rings. The summed E-state index contributed by atoms with van der Waals surface area (Å²) in [5.41, 5.74) is 0. The molecule has 10 heavy (non-hydrogen) atoms. The van der Waals surface area contributed by atoms with Gasteiger partial charge in [-0.15, -0.1) is 0 Å². The van der Waals surface area contributed by atoms with Gasteiger partial charge >= 0.3 is 0 Å². The molecule has 1 heteroatoms. The molecule has 0 radical (unpaired) electrons. The van der Waals surface area contributed by atoms with Crippen molar-refractivity contribution in [3.8, 4) is 0 Å². The van der Waals surface area contributed by atoms with Gasteiger partial charge in [0.25, 0.3) is 0 Å². The van der Waals surface area contributed by atoms with Crippen LogP contribution in [0.25, 0.3) is 0 Å². The summed E-state index contributed by atoms with van der Waals surface area (Å²) in [6, 6.07) is 0.852. The number of allylic oxidation sites excluding steroid dienone is 1. The average Bonchev–Trinajstić information content (AvgIpc) is 1.84. The van der Waals surface area contributed by atoms with E-state index in [-0.39, 0.29) is 0 Å². The zero-order chi connectivity index (χ0) is 7.23. The molecule has 0 spiro atoms. The summed E-state index contributed by atoms with van der Waals surface area (Å²) in [4.78, 5) is 0. The van der Waals surface area contributed by atoms with Crippen molar-refractivity contribution in [1.29, 1.82) is 0 Å². The fourth-order valence-corrected chi connectivity index (χ4v) is 1.15. The highest BCUT2D eigenvalue weighted by molar-refractivity contribution is 4.81. The van der Waals surface area contributed by atoms with Crippen LogP contribution in [0.15, 0.2) is 12.2 Å². The van der Waals surface area contributed by atoms with Crippen molar-refractivity contribution in [2.24, 2.45) is 0 Å². The molecule has 1 aliphatic rings. The summed E-state index contributed by atoms with van der Waals surface area (Å²) >= 11 is 0. The standard InChI is InChI=1S/C9H17N/c1-2-3-4-8-10-9-6-5-7-9/h2-3,9-10H,4-8H2,1H3/b3-2+.